The van der Waals surface area contributed by atoms with Gasteiger partial charge in [0.25, 0.3) is 11.8 Å². The van der Waals surface area contributed by atoms with Crippen LogP contribution in [0.2, 0.25) is 0 Å². The van der Waals surface area contributed by atoms with Crippen molar-refractivity contribution in [3.63, 3.8) is 0 Å². The standard InChI is InChI=1S/C32H28FN3O5S/c1-40-24-15-16-29(41-2)22(17-24)18-28(36-31(38)21-9-4-3-5-10-21)32(39)34-23-11-8-12-25(19-23)42-20-30(37)35-27-14-7-6-13-26(27)33/h3-19H,20H2,1-2H3,(H,34,39)(H,35,37)(H,36,38)/b28-18+. The largest absolute Gasteiger partial charge is 0.497 e. The molecular formula is C32H28FN3O5S. The van der Waals surface area contributed by atoms with Gasteiger partial charge in [-0.1, -0.05) is 36.4 Å². The van der Waals surface area contributed by atoms with Gasteiger partial charge in [0, 0.05) is 21.7 Å². The highest BCUT2D eigenvalue weighted by Gasteiger charge is 2.17. The summed E-state index contributed by atoms with van der Waals surface area (Å²) in [6, 6.07) is 26.4. The van der Waals surface area contributed by atoms with Gasteiger partial charge in [-0.2, -0.15) is 0 Å². The molecule has 10 heteroatoms. The van der Waals surface area contributed by atoms with E-state index in [0.717, 1.165) is 0 Å². The lowest BCUT2D eigenvalue weighted by Gasteiger charge is -2.14. The van der Waals surface area contributed by atoms with E-state index in [1.165, 1.54) is 44.2 Å². The molecule has 0 bridgehead atoms. The summed E-state index contributed by atoms with van der Waals surface area (Å²) < 4.78 is 24.6. The van der Waals surface area contributed by atoms with Crippen molar-refractivity contribution in [1.29, 1.82) is 0 Å². The number of carbonyl (C=O) groups is 3. The Bertz CT molecular complexity index is 1610. The summed E-state index contributed by atoms with van der Waals surface area (Å²) in [5.74, 6) is -0.898. The Labute approximate surface area is 246 Å². The van der Waals surface area contributed by atoms with E-state index in [-0.39, 0.29) is 23.0 Å². The van der Waals surface area contributed by atoms with E-state index in [2.05, 4.69) is 16.0 Å². The normalized spacial score (nSPS) is 10.9. The van der Waals surface area contributed by atoms with Crippen LogP contribution in [0.15, 0.2) is 108 Å². The Hall–Kier alpha value is -5.09. The molecule has 0 atom stereocenters. The topological polar surface area (TPSA) is 106 Å². The van der Waals surface area contributed by atoms with Gasteiger partial charge in [0.2, 0.25) is 5.91 Å². The van der Waals surface area contributed by atoms with Crippen molar-refractivity contribution < 1.29 is 28.2 Å². The smallest absolute Gasteiger partial charge is 0.272 e. The van der Waals surface area contributed by atoms with Gasteiger partial charge >= 0.3 is 0 Å². The number of carbonyl (C=O) groups excluding carboxylic acids is 3. The molecule has 3 amide bonds. The minimum absolute atomic E-state index is 0.0274. The maximum atomic E-state index is 13.8. The van der Waals surface area contributed by atoms with Crippen molar-refractivity contribution in [3.8, 4) is 11.5 Å². The van der Waals surface area contributed by atoms with Crippen LogP contribution in [0.3, 0.4) is 0 Å². The molecule has 0 aromatic heterocycles. The molecule has 4 aromatic carbocycles. The van der Waals surface area contributed by atoms with Crippen LogP contribution in [-0.4, -0.2) is 37.7 Å². The number of thioether (sulfide) groups is 1. The number of hydrogen-bond acceptors (Lipinski definition) is 6. The van der Waals surface area contributed by atoms with Crippen LogP contribution in [0.4, 0.5) is 15.8 Å². The zero-order chi connectivity index (χ0) is 29.9. The van der Waals surface area contributed by atoms with Crippen molar-refractivity contribution in [3.05, 3.63) is 120 Å². The molecular weight excluding hydrogens is 557 g/mol. The van der Waals surface area contributed by atoms with Gasteiger partial charge < -0.3 is 25.4 Å². The lowest BCUT2D eigenvalue weighted by molar-refractivity contribution is -0.114. The summed E-state index contributed by atoms with van der Waals surface area (Å²) in [6.07, 6.45) is 1.50. The average molecular weight is 586 g/mol. The minimum Gasteiger partial charge on any atom is -0.497 e. The number of para-hydroxylation sites is 1. The minimum atomic E-state index is -0.580. The van der Waals surface area contributed by atoms with Gasteiger partial charge in [-0.3, -0.25) is 14.4 Å². The predicted molar refractivity (Wildman–Crippen MR) is 162 cm³/mol. The van der Waals surface area contributed by atoms with E-state index >= 15 is 0 Å². The molecule has 0 radical (unpaired) electrons. The molecule has 0 unspecified atom stereocenters. The van der Waals surface area contributed by atoms with Crippen molar-refractivity contribution in [1.82, 2.24) is 5.32 Å². The summed E-state index contributed by atoms with van der Waals surface area (Å²) in [4.78, 5) is 39.5. The quantitative estimate of drug-likeness (QED) is 0.148. The number of benzene rings is 4. The molecule has 0 aliphatic carbocycles. The second kappa shape index (κ2) is 14.5. The second-order valence-electron chi connectivity index (χ2n) is 8.78. The number of nitrogens with one attached hydrogen (secondary N) is 3. The van der Waals surface area contributed by atoms with Crippen molar-refractivity contribution in [2.75, 3.05) is 30.6 Å². The predicted octanol–water partition coefficient (Wildman–Crippen LogP) is 5.98. The van der Waals surface area contributed by atoms with E-state index in [0.29, 0.717) is 33.2 Å². The van der Waals surface area contributed by atoms with E-state index < -0.39 is 17.6 Å². The number of ether oxygens (including phenoxy) is 2. The molecule has 3 N–H and O–H groups in total. The first-order valence-corrected chi connectivity index (χ1v) is 13.7. The third-order valence-corrected chi connectivity index (χ3v) is 6.87. The zero-order valence-electron chi connectivity index (χ0n) is 22.8. The summed E-state index contributed by atoms with van der Waals surface area (Å²) in [7, 11) is 3.02. The monoisotopic (exact) mass is 585 g/mol. The maximum absolute atomic E-state index is 13.8. The van der Waals surface area contributed by atoms with Crippen molar-refractivity contribution >= 4 is 46.9 Å². The highest BCUT2D eigenvalue weighted by molar-refractivity contribution is 8.00. The fraction of sp³-hybridized carbons (Fsp3) is 0.0938. The van der Waals surface area contributed by atoms with Crippen LogP contribution in [0.25, 0.3) is 6.08 Å². The van der Waals surface area contributed by atoms with Crippen LogP contribution in [-0.2, 0) is 9.59 Å². The third kappa shape index (κ3) is 8.21. The van der Waals surface area contributed by atoms with Crippen LogP contribution in [0.5, 0.6) is 11.5 Å². The lowest BCUT2D eigenvalue weighted by Crippen LogP contribution is -2.30. The van der Waals surface area contributed by atoms with Gasteiger partial charge in [-0.05, 0) is 66.7 Å². The lowest BCUT2D eigenvalue weighted by atomic mass is 10.1. The Kier molecular flexibility index (Phi) is 10.3. The van der Waals surface area contributed by atoms with Gasteiger partial charge in [-0.25, -0.2) is 4.39 Å². The number of anilines is 2. The van der Waals surface area contributed by atoms with Crippen LogP contribution >= 0.6 is 11.8 Å². The molecule has 4 rings (SSSR count). The van der Waals surface area contributed by atoms with Crippen LogP contribution in [0.1, 0.15) is 15.9 Å². The fourth-order valence-electron chi connectivity index (χ4n) is 3.81. The maximum Gasteiger partial charge on any atom is 0.272 e. The number of halogens is 1. The molecule has 0 aliphatic rings. The summed E-state index contributed by atoms with van der Waals surface area (Å²) >= 11 is 1.22. The van der Waals surface area contributed by atoms with E-state index in [4.69, 9.17) is 9.47 Å². The molecule has 0 saturated heterocycles. The molecule has 0 fully saturated rings. The molecule has 0 aliphatic heterocycles. The highest BCUT2D eigenvalue weighted by Crippen LogP contribution is 2.27. The van der Waals surface area contributed by atoms with E-state index in [1.54, 1.807) is 84.9 Å². The number of amides is 3. The third-order valence-electron chi connectivity index (χ3n) is 5.88. The summed E-state index contributed by atoms with van der Waals surface area (Å²) in [5.41, 5.74) is 1.41. The molecule has 42 heavy (non-hydrogen) atoms. The number of hydrogen-bond donors (Lipinski definition) is 3. The molecule has 8 nitrogen and oxygen atoms in total. The van der Waals surface area contributed by atoms with Gasteiger partial charge in [0.05, 0.1) is 25.7 Å². The molecule has 0 saturated carbocycles. The van der Waals surface area contributed by atoms with Crippen LogP contribution in [0, 0.1) is 5.82 Å². The number of methoxy groups -OCH3 is 2. The first-order chi connectivity index (χ1) is 20.4. The first-order valence-electron chi connectivity index (χ1n) is 12.7. The summed E-state index contributed by atoms with van der Waals surface area (Å²) in [6.45, 7) is 0. The average Bonchev–Trinajstić information content (AvgIpc) is 3.01. The summed E-state index contributed by atoms with van der Waals surface area (Å²) in [5, 5.41) is 8.04. The van der Waals surface area contributed by atoms with Crippen LogP contribution < -0.4 is 25.4 Å². The molecule has 0 spiro atoms. The van der Waals surface area contributed by atoms with Crippen molar-refractivity contribution in [2.45, 2.75) is 4.90 Å². The highest BCUT2D eigenvalue weighted by atomic mass is 32.2. The Morgan fingerprint density at radius 3 is 2.33 bits per heavy atom. The zero-order valence-corrected chi connectivity index (χ0v) is 23.7. The fourth-order valence-corrected chi connectivity index (χ4v) is 4.56. The molecule has 4 aromatic rings. The first kappa shape index (κ1) is 29.9. The van der Waals surface area contributed by atoms with Gasteiger partial charge in [0.15, 0.2) is 0 Å². The van der Waals surface area contributed by atoms with Crippen molar-refractivity contribution in [2.24, 2.45) is 0 Å². The Balaban J connectivity index is 1.52. The Morgan fingerprint density at radius 1 is 0.833 bits per heavy atom. The Morgan fingerprint density at radius 2 is 1.60 bits per heavy atom. The van der Waals surface area contributed by atoms with E-state index in [9.17, 15) is 18.8 Å². The molecule has 0 heterocycles. The molecule has 214 valence electrons. The number of rotatable bonds is 11. The van der Waals surface area contributed by atoms with Gasteiger partial charge in [0.1, 0.15) is 23.0 Å². The SMILES string of the molecule is COc1ccc(OC)c(/C=C(/NC(=O)c2ccccc2)C(=O)Nc2cccc(SCC(=O)Nc3ccccc3F)c2)c1. The van der Waals surface area contributed by atoms with E-state index in [1.807, 2.05) is 0 Å². The second-order valence-corrected chi connectivity index (χ2v) is 9.83. The van der Waals surface area contributed by atoms with Gasteiger partial charge in [-0.15, -0.1) is 11.8 Å².